The molecule has 1 aliphatic heterocycles. The Hall–Kier alpha value is -0.650. The minimum Gasteiger partial charge on any atom is -0.378 e. The SMILES string of the molecule is CC(C)Cn1ncnc1CN1CCOCC1CCl. The highest BCUT2D eigenvalue weighted by Crippen LogP contribution is 2.12. The second-order valence-electron chi connectivity index (χ2n) is 5.11. The van der Waals surface area contributed by atoms with Crippen LogP contribution in [-0.4, -0.2) is 51.3 Å². The van der Waals surface area contributed by atoms with Crippen molar-refractivity contribution in [1.82, 2.24) is 19.7 Å². The lowest BCUT2D eigenvalue weighted by atomic mass is 10.2. The Labute approximate surface area is 113 Å². The third-order valence-electron chi connectivity index (χ3n) is 3.11. The molecule has 1 aromatic rings. The molecule has 6 heteroatoms. The maximum Gasteiger partial charge on any atom is 0.141 e. The smallest absolute Gasteiger partial charge is 0.141 e. The summed E-state index contributed by atoms with van der Waals surface area (Å²) in [5.41, 5.74) is 0. The van der Waals surface area contributed by atoms with Crippen LogP contribution in [0.25, 0.3) is 0 Å². The molecule has 0 aromatic carbocycles. The summed E-state index contributed by atoms with van der Waals surface area (Å²) in [5.74, 6) is 2.18. The van der Waals surface area contributed by atoms with Crippen LogP contribution in [0, 0.1) is 5.92 Å². The highest BCUT2D eigenvalue weighted by atomic mass is 35.5. The van der Waals surface area contributed by atoms with Crippen molar-refractivity contribution < 1.29 is 4.74 Å². The Kier molecular flexibility index (Phi) is 4.97. The van der Waals surface area contributed by atoms with E-state index in [0.717, 1.165) is 32.1 Å². The molecule has 1 saturated heterocycles. The van der Waals surface area contributed by atoms with Gasteiger partial charge in [0.15, 0.2) is 0 Å². The Bertz CT molecular complexity index is 369. The van der Waals surface area contributed by atoms with E-state index < -0.39 is 0 Å². The number of rotatable bonds is 5. The number of nitrogens with zero attached hydrogens (tertiary/aromatic N) is 4. The van der Waals surface area contributed by atoms with Gasteiger partial charge in [-0.2, -0.15) is 5.10 Å². The molecule has 0 radical (unpaired) electrons. The molecule has 102 valence electrons. The largest absolute Gasteiger partial charge is 0.378 e. The summed E-state index contributed by atoms with van der Waals surface area (Å²) in [4.78, 5) is 6.69. The van der Waals surface area contributed by atoms with Gasteiger partial charge in [0.1, 0.15) is 12.2 Å². The van der Waals surface area contributed by atoms with Gasteiger partial charge in [0, 0.05) is 25.0 Å². The minimum atomic E-state index is 0.282. The van der Waals surface area contributed by atoms with Crippen molar-refractivity contribution in [1.29, 1.82) is 0 Å². The number of hydrogen-bond acceptors (Lipinski definition) is 4. The molecule has 0 amide bonds. The first kappa shape index (κ1) is 13.8. The van der Waals surface area contributed by atoms with Crippen LogP contribution in [0.1, 0.15) is 19.7 Å². The van der Waals surface area contributed by atoms with E-state index in [9.17, 15) is 0 Å². The van der Waals surface area contributed by atoms with Crippen LogP contribution in [0.5, 0.6) is 0 Å². The van der Waals surface area contributed by atoms with Gasteiger partial charge in [0.2, 0.25) is 0 Å². The van der Waals surface area contributed by atoms with Crippen molar-refractivity contribution in [3.8, 4) is 0 Å². The maximum atomic E-state index is 5.97. The number of hydrogen-bond donors (Lipinski definition) is 0. The Morgan fingerprint density at radius 1 is 1.56 bits per heavy atom. The first-order valence-electron chi connectivity index (χ1n) is 6.45. The molecule has 1 unspecified atom stereocenters. The maximum absolute atomic E-state index is 5.97. The van der Waals surface area contributed by atoms with Crippen LogP contribution in [0.2, 0.25) is 0 Å². The Morgan fingerprint density at radius 2 is 2.39 bits per heavy atom. The highest BCUT2D eigenvalue weighted by Gasteiger charge is 2.23. The number of ether oxygens (including phenoxy) is 1. The lowest BCUT2D eigenvalue weighted by Gasteiger charge is -2.33. The van der Waals surface area contributed by atoms with E-state index in [1.54, 1.807) is 6.33 Å². The second-order valence-corrected chi connectivity index (χ2v) is 5.41. The van der Waals surface area contributed by atoms with E-state index in [4.69, 9.17) is 16.3 Å². The van der Waals surface area contributed by atoms with E-state index in [0.29, 0.717) is 18.4 Å². The molecule has 2 rings (SSSR count). The van der Waals surface area contributed by atoms with Crippen LogP contribution in [-0.2, 0) is 17.8 Å². The quantitative estimate of drug-likeness (QED) is 0.760. The van der Waals surface area contributed by atoms with E-state index >= 15 is 0 Å². The number of morpholine rings is 1. The standard InChI is InChI=1S/C12H21ClN4O/c1-10(2)6-17-12(14-9-15-17)7-16-3-4-18-8-11(16)5-13/h9-11H,3-8H2,1-2H3. The molecule has 0 N–H and O–H groups in total. The number of halogens is 1. The van der Waals surface area contributed by atoms with E-state index in [2.05, 4.69) is 28.8 Å². The Morgan fingerprint density at radius 3 is 3.11 bits per heavy atom. The summed E-state index contributed by atoms with van der Waals surface area (Å²) in [6, 6.07) is 0.282. The van der Waals surface area contributed by atoms with E-state index in [1.807, 2.05) is 4.68 Å². The highest BCUT2D eigenvalue weighted by molar-refractivity contribution is 6.18. The molecule has 1 atom stereocenters. The van der Waals surface area contributed by atoms with Crippen molar-refractivity contribution in [3.05, 3.63) is 12.2 Å². The summed E-state index contributed by atoms with van der Waals surface area (Å²) in [7, 11) is 0. The third kappa shape index (κ3) is 3.43. The molecular formula is C12H21ClN4O. The van der Waals surface area contributed by atoms with Gasteiger partial charge in [-0.3, -0.25) is 4.90 Å². The average Bonchev–Trinajstić information content (AvgIpc) is 2.76. The lowest BCUT2D eigenvalue weighted by molar-refractivity contribution is -0.00482. The molecule has 1 aromatic heterocycles. The summed E-state index contributed by atoms with van der Waals surface area (Å²) in [5, 5.41) is 4.29. The molecule has 0 saturated carbocycles. The zero-order valence-corrected chi connectivity index (χ0v) is 11.8. The summed E-state index contributed by atoms with van der Waals surface area (Å²) in [6.45, 7) is 8.46. The van der Waals surface area contributed by atoms with Gasteiger partial charge in [-0.25, -0.2) is 9.67 Å². The third-order valence-corrected chi connectivity index (χ3v) is 3.46. The molecule has 1 fully saturated rings. The topological polar surface area (TPSA) is 43.2 Å². The molecular weight excluding hydrogens is 252 g/mol. The van der Waals surface area contributed by atoms with Crippen LogP contribution in [0.4, 0.5) is 0 Å². The average molecular weight is 273 g/mol. The van der Waals surface area contributed by atoms with Crippen molar-refractivity contribution >= 4 is 11.6 Å². The van der Waals surface area contributed by atoms with Gasteiger partial charge < -0.3 is 4.74 Å². The van der Waals surface area contributed by atoms with Crippen molar-refractivity contribution in [2.24, 2.45) is 5.92 Å². The van der Waals surface area contributed by atoms with Gasteiger partial charge in [-0.15, -0.1) is 11.6 Å². The van der Waals surface area contributed by atoms with Crippen LogP contribution in [0.3, 0.4) is 0 Å². The predicted octanol–water partition coefficient (Wildman–Crippen LogP) is 1.37. The fourth-order valence-electron chi connectivity index (χ4n) is 2.13. The molecule has 18 heavy (non-hydrogen) atoms. The molecule has 0 aliphatic carbocycles. The van der Waals surface area contributed by atoms with Crippen LogP contribution >= 0.6 is 11.6 Å². The lowest BCUT2D eigenvalue weighted by Crippen LogP contribution is -2.46. The van der Waals surface area contributed by atoms with Crippen molar-refractivity contribution in [2.75, 3.05) is 25.6 Å². The fraction of sp³-hybridized carbons (Fsp3) is 0.833. The van der Waals surface area contributed by atoms with Crippen LogP contribution < -0.4 is 0 Å². The molecule has 0 spiro atoms. The van der Waals surface area contributed by atoms with Gasteiger partial charge in [-0.05, 0) is 5.92 Å². The monoisotopic (exact) mass is 272 g/mol. The zero-order valence-electron chi connectivity index (χ0n) is 11.0. The summed E-state index contributed by atoms with van der Waals surface area (Å²) < 4.78 is 7.44. The van der Waals surface area contributed by atoms with Gasteiger partial charge in [0.05, 0.1) is 19.8 Å². The fourth-order valence-corrected chi connectivity index (χ4v) is 2.41. The first-order valence-corrected chi connectivity index (χ1v) is 6.98. The normalized spacial score (nSPS) is 21.7. The van der Waals surface area contributed by atoms with E-state index in [1.165, 1.54) is 0 Å². The van der Waals surface area contributed by atoms with Crippen molar-refractivity contribution in [3.63, 3.8) is 0 Å². The predicted molar refractivity (Wildman–Crippen MR) is 70.6 cm³/mol. The van der Waals surface area contributed by atoms with Crippen LogP contribution in [0.15, 0.2) is 6.33 Å². The van der Waals surface area contributed by atoms with E-state index in [-0.39, 0.29) is 6.04 Å². The molecule has 0 bridgehead atoms. The zero-order chi connectivity index (χ0) is 13.0. The molecule has 1 aliphatic rings. The number of alkyl halides is 1. The summed E-state index contributed by atoms with van der Waals surface area (Å²) >= 11 is 5.97. The van der Waals surface area contributed by atoms with Gasteiger partial charge in [-0.1, -0.05) is 13.8 Å². The molecule has 5 nitrogen and oxygen atoms in total. The summed E-state index contributed by atoms with van der Waals surface area (Å²) in [6.07, 6.45) is 1.63. The first-order chi connectivity index (χ1) is 8.70. The van der Waals surface area contributed by atoms with Gasteiger partial charge >= 0.3 is 0 Å². The number of aromatic nitrogens is 3. The molecule has 2 heterocycles. The van der Waals surface area contributed by atoms with Gasteiger partial charge in [0.25, 0.3) is 0 Å². The Balaban J connectivity index is 2.01. The minimum absolute atomic E-state index is 0.282. The second kappa shape index (κ2) is 6.50. The van der Waals surface area contributed by atoms with Crippen molar-refractivity contribution in [2.45, 2.75) is 33.0 Å².